The standard InChI is InChI=1S/C17H21N3O3S/c1-10(2)16-15(12(4)20-23-16)17(22)19-18-14(21)9-24-13-7-5-11(3)6-8-13/h5-8,10H,9H2,1-4H3,(H,18,21)(H,19,22). The molecule has 2 aromatic rings. The summed E-state index contributed by atoms with van der Waals surface area (Å²) < 4.78 is 5.17. The van der Waals surface area contributed by atoms with Crippen molar-refractivity contribution in [1.29, 1.82) is 0 Å². The molecule has 1 aromatic heterocycles. The van der Waals surface area contributed by atoms with E-state index in [1.54, 1.807) is 6.92 Å². The zero-order chi connectivity index (χ0) is 17.7. The van der Waals surface area contributed by atoms with Gasteiger partial charge in [-0.3, -0.25) is 20.4 Å². The highest BCUT2D eigenvalue weighted by Gasteiger charge is 2.22. The predicted molar refractivity (Wildman–Crippen MR) is 92.8 cm³/mol. The van der Waals surface area contributed by atoms with Crippen molar-refractivity contribution in [2.75, 3.05) is 5.75 Å². The van der Waals surface area contributed by atoms with Crippen molar-refractivity contribution in [2.45, 2.75) is 38.5 Å². The molecule has 0 aliphatic rings. The first-order valence-electron chi connectivity index (χ1n) is 7.63. The molecule has 0 aliphatic heterocycles. The lowest BCUT2D eigenvalue weighted by Crippen LogP contribution is -2.42. The van der Waals surface area contributed by atoms with Crippen LogP contribution in [0.2, 0.25) is 0 Å². The van der Waals surface area contributed by atoms with E-state index in [1.807, 2.05) is 45.0 Å². The van der Waals surface area contributed by atoms with E-state index >= 15 is 0 Å². The summed E-state index contributed by atoms with van der Waals surface area (Å²) in [5.74, 6) is 0.0384. The third-order valence-electron chi connectivity index (χ3n) is 3.35. The van der Waals surface area contributed by atoms with E-state index in [9.17, 15) is 9.59 Å². The van der Waals surface area contributed by atoms with Gasteiger partial charge in [-0.1, -0.05) is 36.7 Å². The Morgan fingerprint density at radius 2 is 1.83 bits per heavy atom. The van der Waals surface area contributed by atoms with Crippen LogP contribution in [0.5, 0.6) is 0 Å². The molecule has 0 bridgehead atoms. The number of aromatic nitrogens is 1. The molecule has 0 aliphatic carbocycles. The van der Waals surface area contributed by atoms with Crippen molar-refractivity contribution in [3.8, 4) is 0 Å². The molecule has 2 N–H and O–H groups in total. The zero-order valence-electron chi connectivity index (χ0n) is 14.2. The van der Waals surface area contributed by atoms with Crippen molar-refractivity contribution < 1.29 is 14.1 Å². The molecule has 0 spiro atoms. The molecule has 1 heterocycles. The minimum Gasteiger partial charge on any atom is -0.360 e. The number of hydrogen-bond acceptors (Lipinski definition) is 5. The maximum absolute atomic E-state index is 12.2. The lowest BCUT2D eigenvalue weighted by molar-refractivity contribution is -0.119. The van der Waals surface area contributed by atoms with E-state index in [-0.39, 0.29) is 17.6 Å². The molecule has 0 unspecified atom stereocenters. The van der Waals surface area contributed by atoms with E-state index in [2.05, 4.69) is 16.0 Å². The van der Waals surface area contributed by atoms with Crippen LogP contribution in [-0.2, 0) is 4.79 Å². The number of benzene rings is 1. The average molecular weight is 347 g/mol. The molecular formula is C17H21N3O3S. The molecule has 0 fully saturated rings. The Morgan fingerprint density at radius 1 is 1.17 bits per heavy atom. The molecule has 0 saturated heterocycles. The van der Waals surface area contributed by atoms with Crippen molar-refractivity contribution in [3.63, 3.8) is 0 Å². The van der Waals surface area contributed by atoms with Gasteiger partial charge in [-0.2, -0.15) is 0 Å². The summed E-state index contributed by atoms with van der Waals surface area (Å²) in [7, 11) is 0. The van der Waals surface area contributed by atoms with Crippen LogP contribution in [0.1, 0.15) is 47.1 Å². The summed E-state index contributed by atoms with van der Waals surface area (Å²) in [6.45, 7) is 7.52. The van der Waals surface area contributed by atoms with E-state index in [4.69, 9.17) is 4.52 Å². The van der Waals surface area contributed by atoms with Crippen LogP contribution >= 0.6 is 11.8 Å². The second-order valence-corrected chi connectivity index (χ2v) is 6.81. The van der Waals surface area contributed by atoms with E-state index in [0.29, 0.717) is 17.0 Å². The van der Waals surface area contributed by atoms with Gasteiger partial charge < -0.3 is 4.52 Å². The first-order valence-corrected chi connectivity index (χ1v) is 8.62. The Hall–Kier alpha value is -2.28. The monoisotopic (exact) mass is 347 g/mol. The van der Waals surface area contributed by atoms with Gasteiger partial charge in [0.05, 0.1) is 11.4 Å². The Kier molecular flexibility index (Phi) is 6.03. The highest BCUT2D eigenvalue weighted by molar-refractivity contribution is 8.00. The molecule has 128 valence electrons. The summed E-state index contributed by atoms with van der Waals surface area (Å²) in [5.41, 5.74) is 6.87. The second-order valence-electron chi connectivity index (χ2n) is 5.77. The fourth-order valence-electron chi connectivity index (χ4n) is 2.07. The number of carbonyl (C=O) groups is 2. The molecule has 1 aromatic carbocycles. The molecule has 6 nitrogen and oxygen atoms in total. The Labute approximate surface area is 145 Å². The molecule has 0 saturated carbocycles. The van der Waals surface area contributed by atoms with Crippen LogP contribution in [-0.4, -0.2) is 22.7 Å². The smallest absolute Gasteiger partial charge is 0.275 e. The van der Waals surface area contributed by atoms with Gasteiger partial charge in [0.25, 0.3) is 5.91 Å². The van der Waals surface area contributed by atoms with Crippen LogP contribution in [0.3, 0.4) is 0 Å². The van der Waals surface area contributed by atoms with Crippen LogP contribution in [0.4, 0.5) is 0 Å². The quantitative estimate of drug-likeness (QED) is 0.642. The Balaban J connectivity index is 1.86. The predicted octanol–water partition coefficient (Wildman–Crippen LogP) is 2.97. The van der Waals surface area contributed by atoms with Crippen molar-refractivity contribution in [2.24, 2.45) is 0 Å². The molecule has 2 amide bonds. The topological polar surface area (TPSA) is 84.2 Å². The summed E-state index contributed by atoms with van der Waals surface area (Å²) in [6, 6.07) is 7.90. The maximum Gasteiger partial charge on any atom is 0.275 e. The summed E-state index contributed by atoms with van der Waals surface area (Å²) in [6.07, 6.45) is 0. The normalized spacial score (nSPS) is 10.7. The molecule has 0 atom stereocenters. The van der Waals surface area contributed by atoms with E-state index < -0.39 is 5.91 Å². The molecule has 0 radical (unpaired) electrons. The minimum atomic E-state index is -0.425. The Bertz CT molecular complexity index is 723. The maximum atomic E-state index is 12.2. The fraction of sp³-hybridized carbons (Fsp3) is 0.353. The lowest BCUT2D eigenvalue weighted by Gasteiger charge is -2.08. The minimum absolute atomic E-state index is 0.0275. The van der Waals surface area contributed by atoms with Gasteiger partial charge in [0, 0.05) is 10.8 Å². The number of nitrogens with zero attached hydrogens (tertiary/aromatic N) is 1. The van der Waals surface area contributed by atoms with Gasteiger partial charge in [0.15, 0.2) is 5.76 Å². The van der Waals surface area contributed by atoms with Crippen LogP contribution in [0.25, 0.3) is 0 Å². The van der Waals surface area contributed by atoms with E-state index in [1.165, 1.54) is 17.3 Å². The molecule has 24 heavy (non-hydrogen) atoms. The van der Waals surface area contributed by atoms with Gasteiger partial charge in [0.1, 0.15) is 5.56 Å². The molecular weight excluding hydrogens is 326 g/mol. The van der Waals surface area contributed by atoms with Gasteiger partial charge in [0.2, 0.25) is 5.91 Å². The Morgan fingerprint density at radius 3 is 2.46 bits per heavy atom. The van der Waals surface area contributed by atoms with Crippen molar-refractivity contribution >= 4 is 23.6 Å². The number of rotatable bonds is 5. The SMILES string of the molecule is Cc1ccc(SCC(=O)NNC(=O)c2c(C)noc2C(C)C)cc1. The van der Waals surface area contributed by atoms with Crippen LogP contribution in [0.15, 0.2) is 33.7 Å². The second kappa shape index (κ2) is 8.01. The number of thioether (sulfide) groups is 1. The van der Waals surface area contributed by atoms with Crippen LogP contribution < -0.4 is 10.9 Å². The summed E-state index contributed by atoms with van der Waals surface area (Å²) in [4.78, 5) is 25.1. The number of hydrogen-bond donors (Lipinski definition) is 2. The van der Waals surface area contributed by atoms with Gasteiger partial charge in [-0.15, -0.1) is 11.8 Å². The molecule has 7 heteroatoms. The number of carbonyl (C=O) groups excluding carboxylic acids is 2. The van der Waals surface area contributed by atoms with Gasteiger partial charge in [-0.05, 0) is 26.0 Å². The van der Waals surface area contributed by atoms with Gasteiger partial charge >= 0.3 is 0 Å². The lowest BCUT2D eigenvalue weighted by atomic mass is 10.1. The third kappa shape index (κ3) is 4.61. The van der Waals surface area contributed by atoms with Crippen LogP contribution in [0, 0.1) is 13.8 Å². The first-order chi connectivity index (χ1) is 11.4. The molecule has 2 rings (SSSR count). The number of nitrogens with one attached hydrogen (secondary N) is 2. The largest absolute Gasteiger partial charge is 0.360 e. The summed E-state index contributed by atoms with van der Waals surface area (Å²) >= 11 is 1.40. The third-order valence-corrected chi connectivity index (χ3v) is 4.36. The highest BCUT2D eigenvalue weighted by atomic mass is 32.2. The average Bonchev–Trinajstić information content (AvgIpc) is 2.94. The summed E-state index contributed by atoms with van der Waals surface area (Å²) in [5, 5.41) is 3.82. The number of hydrazine groups is 1. The number of aryl methyl sites for hydroxylation is 2. The van der Waals surface area contributed by atoms with Crippen molar-refractivity contribution in [3.05, 3.63) is 46.8 Å². The first kappa shape index (κ1) is 18.1. The highest BCUT2D eigenvalue weighted by Crippen LogP contribution is 2.22. The number of amides is 2. The fourth-order valence-corrected chi connectivity index (χ4v) is 2.76. The van der Waals surface area contributed by atoms with E-state index in [0.717, 1.165) is 4.90 Å². The van der Waals surface area contributed by atoms with Crippen molar-refractivity contribution in [1.82, 2.24) is 16.0 Å². The zero-order valence-corrected chi connectivity index (χ0v) is 15.0. The van der Waals surface area contributed by atoms with Gasteiger partial charge in [-0.25, -0.2) is 0 Å².